The van der Waals surface area contributed by atoms with Crippen molar-refractivity contribution < 1.29 is 9.53 Å². The van der Waals surface area contributed by atoms with E-state index in [1.165, 1.54) is 0 Å². The molecule has 0 radical (unpaired) electrons. The molecule has 0 bridgehead atoms. The third-order valence-corrected chi connectivity index (χ3v) is 5.51. The molecule has 0 aromatic carbocycles. The number of hydrogen-bond donors (Lipinski definition) is 1. The number of nitrogens with zero attached hydrogens (tertiary/aromatic N) is 2. The second kappa shape index (κ2) is 7.56. The van der Waals surface area contributed by atoms with Crippen molar-refractivity contribution in [1.29, 1.82) is 0 Å². The van der Waals surface area contributed by atoms with Gasteiger partial charge in [0.25, 0.3) is 0 Å². The van der Waals surface area contributed by atoms with Gasteiger partial charge in [0, 0.05) is 31.2 Å². The summed E-state index contributed by atoms with van der Waals surface area (Å²) in [5, 5.41) is 0. The van der Waals surface area contributed by atoms with Crippen molar-refractivity contribution in [3.05, 3.63) is 30.1 Å². The molecule has 1 aromatic heterocycles. The minimum Gasteiger partial charge on any atom is -0.377 e. The maximum absolute atomic E-state index is 13.0. The van der Waals surface area contributed by atoms with Crippen molar-refractivity contribution in [3.63, 3.8) is 0 Å². The zero-order valence-corrected chi connectivity index (χ0v) is 16.0. The molecule has 0 spiro atoms. The van der Waals surface area contributed by atoms with Crippen molar-refractivity contribution in [2.75, 3.05) is 13.7 Å². The molecule has 3 rings (SSSR count). The van der Waals surface area contributed by atoms with Crippen LogP contribution in [0.5, 0.6) is 0 Å². The Morgan fingerprint density at radius 2 is 2.12 bits per heavy atom. The lowest BCUT2D eigenvalue weighted by atomic mass is 9.46. The summed E-state index contributed by atoms with van der Waals surface area (Å²) >= 11 is 0. The molecule has 2 fully saturated rings. The van der Waals surface area contributed by atoms with E-state index in [1.807, 2.05) is 32.0 Å². The van der Waals surface area contributed by atoms with Crippen LogP contribution in [0.15, 0.2) is 24.4 Å². The molecule has 1 amide bonds. The first-order valence-electron chi connectivity index (χ1n) is 7.95. The Hall–Kier alpha value is -0.880. The summed E-state index contributed by atoms with van der Waals surface area (Å²) in [6, 6.07) is 5.72. The first-order valence-corrected chi connectivity index (χ1v) is 7.95. The lowest BCUT2D eigenvalue weighted by Crippen LogP contribution is -2.82. The highest BCUT2D eigenvalue weighted by Gasteiger charge is 2.70. The molecule has 1 saturated heterocycles. The monoisotopic (exact) mass is 375 g/mol. The third kappa shape index (κ3) is 3.03. The molecule has 24 heavy (non-hydrogen) atoms. The number of hydrogen-bond acceptors (Lipinski definition) is 4. The highest BCUT2D eigenvalue weighted by molar-refractivity contribution is 5.89. The maximum atomic E-state index is 13.0. The molecular formula is C17H27Cl2N3O2. The van der Waals surface area contributed by atoms with E-state index >= 15 is 0 Å². The number of fused-ring (bicyclic) bond motifs is 1. The van der Waals surface area contributed by atoms with Gasteiger partial charge in [-0.1, -0.05) is 19.9 Å². The number of nitrogens with two attached hydrogens (primary N) is 1. The highest BCUT2D eigenvalue weighted by atomic mass is 35.5. The molecule has 2 heterocycles. The van der Waals surface area contributed by atoms with Crippen LogP contribution in [0.4, 0.5) is 0 Å². The molecule has 5 nitrogen and oxygen atoms in total. The number of halogens is 2. The molecule has 1 aliphatic heterocycles. The molecule has 7 heteroatoms. The summed E-state index contributed by atoms with van der Waals surface area (Å²) in [6.45, 7) is 5.35. The average molecular weight is 376 g/mol. The molecule has 2 N–H and O–H groups in total. The molecule has 3 atom stereocenters. The van der Waals surface area contributed by atoms with Crippen LogP contribution in [0.1, 0.15) is 32.4 Å². The Kier molecular flexibility index (Phi) is 6.67. The Morgan fingerprint density at radius 3 is 2.75 bits per heavy atom. The van der Waals surface area contributed by atoms with Crippen LogP contribution in [-0.2, 0) is 16.1 Å². The number of carbonyl (C=O) groups is 1. The van der Waals surface area contributed by atoms with E-state index in [1.54, 1.807) is 18.1 Å². The summed E-state index contributed by atoms with van der Waals surface area (Å²) in [5.41, 5.74) is 6.33. The van der Waals surface area contributed by atoms with Crippen LogP contribution in [0.3, 0.4) is 0 Å². The number of ether oxygens (including phenoxy) is 1. The van der Waals surface area contributed by atoms with Gasteiger partial charge in [0.1, 0.15) is 5.54 Å². The number of rotatable bonds is 3. The Morgan fingerprint density at radius 1 is 1.42 bits per heavy atom. The van der Waals surface area contributed by atoms with Gasteiger partial charge in [-0.3, -0.25) is 9.78 Å². The zero-order chi connectivity index (χ0) is 16.0. The van der Waals surface area contributed by atoms with Crippen LogP contribution >= 0.6 is 24.8 Å². The van der Waals surface area contributed by atoms with Gasteiger partial charge in [0.2, 0.25) is 5.91 Å². The van der Waals surface area contributed by atoms with Crippen molar-refractivity contribution >= 4 is 30.7 Å². The van der Waals surface area contributed by atoms with Gasteiger partial charge in [-0.2, -0.15) is 0 Å². The first-order chi connectivity index (χ1) is 10.4. The summed E-state index contributed by atoms with van der Waals surface area (Å²) in [6.07, 6.45) is 3.78. The smallest absolute Gasteiger partial charge is 0.243 e. The van der Waals surface area contributed by atoms with E-state index in [4.69, 9.17) is 10.5 Å². The van der Waals surface area contributed by atoms with Crippen LogP contribution in [0, 0.1) is 11.3 Å². The topological polar surface area (TPSA) is 68.5 Å². The van der Waals surface area contributed by atoms with Gasteiger partial charge >= 0.3 is 0 Å². The molecule has 2 aliphatic rings. The lowest BCUT2D eigenvalue weighted by molar-refractivity contribution is -0.229. The summed E-state index contributed by atoms with van der Waals surface area (Å²) in [4.78, 5) is 19.0. The van der Waals surface area contributed by atoms with Gasteiger partial charge in [0.15, 0.2) is 0 Å². The van der Waals surface area contributed by atoms with E-state index in [0.29, 0.717) is 6.54 Å². The average Bonchev–Trinajstić information content (AvgIpc) is 2.54. The van der Waals surface area contributed by atoms with Gasteiger partial charge < -0.3 is 15.4 Å². The second-order valence-corrected chi connectivity index (χ2v) is 7.11. The van der Waals surface area contributed by atoms with Gasteiger partial charge in [0.05, 0.1) is 18.3 Å². The van der Waals surface area contributed by atoms with Gasteiger partial charge in [-0.15, -0.1) is 24.8 Å². The minimum absolute atomic E-state index is 0. The number of aromatic nitrogens is 1. The predicted molar refractivity (Wildman–Crippen MR) is 98.4 cm³/mol. The van der Waals surface area contributed by atoms with Crippen LogP contribution in [0.25, 0.3) is 0 Å². The van der Waals surface area contributed by atoms with E-state index in [0.717, 1.165) is 25.1 Å². The molecule has 1 aromatic rings. The number of amides is 1. The van der Waals surface area contributed by atoms with Crippen molar-refractivity contribution in [1.82, 2.24) is 9.88 Å². The summed E-state index contributed by atoms with van der Waals surface area (Å²) in [5.74, 6) is 0.116. The van der Waals surface area contributed by atoms with Crippen LogP contribution < -0.4 is 5.73 Å². The standard InChI is InChI=1S/C17H25N3O2.2ClH/c1-16(2)14-13(8-6-10-22-14)17(16,18)15(21)20(3)11-12-7-4-5-9-19-12;;/h4-5,7,9,13-14H,6,8,10-11,18H2,1-3H3;2*1H. The van der Waals surface area contributed by atoms with Gasteiger partial charge in [-0.25, -0.2) is 0 Å². The van der Waals surface area contributed by atoms with E-state index in [2.05, 4.69) is 4.98 Å². The molecular weight excluding hydrogens is 349 g/mol. The summed E-state index contributed by atoms with van der Waals surface area (Å²) in [7, 11) is 1.80. The van der Waals surface area contributed by atoms with Crippen molar-refractivity contribution in [2.45, 2.75) is 44.9 Å². The lowest BCUT2D eigenvalue weighted by Gasteiger charge is -2.65. The molecule has 1 aliphatic carbocycles. The Bertz CT molecular complexity index is 570. The SMILES string of the molecule is CN(Cc1ccccn1)C(=O)C1(N)C2CCCOC2C1(C)C.Cl.Cl. The fraction of sp³-hybridized carbons (Fsp3) is 0.647. The molecule has 136 valence electrons. The predicted octanol–water partition coefficient (Wildman–Crippen LogP) is 2.42. The number of carbonyl (C=O) groups excluding carboxylic acids is 1. The van der Waals surface area contributed by atoms with Gasteiger partial charge in [-0.05, 0) is 25.0 Å². The Labute approximate surface area is 156 Å². The quantitative estimate of drug-likeness (QED) is 0.880. The first kappa shape index (κ1) is 21.2. The van der Waals surface area contributed by atoms with Crippen molar-refractivity contribution in [3.8, 4) is 0 Å². The summed E-state index contributed by atoms with van der Waals surface area (Å²) < 4.78 is 5.87. The third-order valence-electron chi connectivity index (χ3n) is 5.51. The van der Waals surface area contributed by atoms with Crippen LogP contribution in [-0.4, -0.2) is 41.1 Å². The Balaban J connectivity index is 0.00000144. The fourth-order valence-electron chi connectivity index (χ4n) is 4.13. The van der Waals surface area contributed by atoms with E-state index in [9.17, 15) is 4.79 Å². The van der Waals surface area contributed by atoms with E-state index in [-0.39, 0.29) is 48.2 Å². The number of pyridine rings is 1. The highest BCUT2D eigenvalue weighted by Crippen LogP contribution is 2.57. The van der Waals surface area contributed by atoms with E-state index < -0.39 is 5.54 Å². The number of likely N-dealkylation sites (N-methyl/N-ethyl adjacent to an activating group) is 1. The normalized spacial score (nSPS) is 30.0. The second-order valence-electron chi connectivity index (χ2n) is 7.11. The maximum Gasteiger partial charge on any atom is 0.243 e. The molecule has 3 unspecified atom stereocenters. The minimum atomic E-state index is -0.846. The van der Waals surface area contributed by atoms with Crippen molar-refractivity contribution in [2.24, 2.45) is 17.1 Å². The zero-order valence-electron chi connectivity index (χ0n) is 14.4. The molecule has 1 saturated carbocycles. The van der Waals surface area contributed by atoms with Crippen LogP contribution in [0.2, 0.25) is 0 Å². The fourth-order valence-corrected chi connectivity index (χ4v) is 4.13. The largest absolute Gasteiger partial charge is 0.377 e.